The third-order valence-corrected chi connectivity index (χ3v) is 5.53. The standard InChI is InChI=1S/C26H31NO4/c1-17(2)16-31-26(29)25-19(4)27(15-20-8-6-7-18(3)13-20)24(28)14-23(25)21-9-11-22(30-5)12-10-21/h6-13,17,23H,14-16H2,1-5H3/t23-/m0/s1. The number of allylic oxidation sites excluding steroid dienone is 1. The third kappa shape index (κ3) is 5.35. The van der Waals surface area contributed by atoms with E-state index in [1.165, 1.54) is 0 Å². The van der Waals surface area contributed by atoms with Crippen LogP contribution >= 0.6 is 0 Å². The molecule has 31 heavy (non-hydrogen) atoms. The lowest BCUT2D eigenvalue weighted by Crippen LogP contribution is -2.38. The van der Waals surface area contributed by atoms with E-state index in [1.54, 1.807) is 12.0 Å². The van der Waals surface area contributed by atoms with E-state index in [4.69, 9.17) is 9.47 Å². The van der Waals surface area contributed by atoms with Crippen molar-refractivity contribution in [1.29, 1.82) is 0 Å². The van der Waals surface area contributed by atoms with Gasteiger partial charge in [-0.1, -0.05) is 55.8 Å². The number of hydrogen-bond donors (Lipinski definition) is 0. The molecule has 0 radical (unpaired) electrons. The maximum absolute atomic E-state index is 13.2. The monoisotopic (exact) mass is 421 g/mol. The molecule has 5 nitrogen and oxygen atoms in total. The Kier molecular flexibility index (Phi) is 7.16. The lowest BCUT2D eigenvalue weighted by molar-refractivity contribution is -0.141. The molecule has 0 bridgehead atoms. The number of hydrogen-bond acceptors (Lipinski definition) is 4. The minimum Gasteiger partial charge on any atom is -0.497 e. The Morgan fingerprint density at radius 2 is 1.84 bits per heavy atom. The summed E-state index contributed by atoms with van der Waals surface area (Å²) in [5.41, 5.74) is 4.28. The highest BCUT2D eigenvalue weighted by Crippen LogP contribution is 2.38. The number of nitrogens with zero attached hydrogens (tertiary/aromatic N) is 1. The highest BCUT2D eigenvalue weighted by Gasteiger charge is 2.37. The number of amides is 1. The summed E-state index contributed by atoms with van der Waals surface area (Å²) in [6, 6.07) is 15.6. The normalized spacial score (nSPS) is 16.6. The number of carbonyl (C=O) groups excluding carboxylic acids is 2. The third-order valence-electron chi connectivity index (χ3n) is 5.53. The average molecular weight is 422 g/mol. The van der Waals surface area contributed by atoms with Crippen molar-refractivity contribution in [2.24, 2.45) is 5.92 Å². The summed E-state index contributed by atoms with van der Waals surface area (Å²) in [5.74, 6) is 0.273. The van der Waals surface area contributed by atoms with E-state index in [2.05, 4.69) is 6.07 Å². The van der Waals surface area contributed by atoms with Crippen molar-refractivity contribution in [3.8, 4) is 5.75 Å². The maximum Gasteiger partial charge on any atom is 0.336 e. The number of methoxy groups -OCH3 is 1. The van der Waals surface area contributed by atoms with Gasteiger partial charge in [0.2, 0.25) is 5.91 Å². The minimum atomic E-state index is -0.353. The smallest absolute Gasteiger partial charge is 0.336 e. The number of carbonyl (C=O) groups is 2. The molecule has 0 fully saturated rings. The molecule has 2 aromatic rings. The fraction of sp³-hybridized carbons (Fsp3) is 0.385. The number of esters is 1. The molecular formula is C26H31NO4. The second-order valence-electron chi connectivity index (χ2n) is 8.49. The molecule has 0 aliphatic carbocycles. The zero-order valence-corrected chi connectivity index (χ0v) is 19.0. The van der Waals surface area contributed by atoms with Gasteiger partial charge in [-0.3, -0.25) is 4.79 Å². The van der Waals surface area contributed by atoms with E-state index >= 15 is 0 Å². The van der Waals surface area contributed by atoms with Crippen LogP contribution in [0.15, 0.2) is 59.8 Å². The zero-order chi connectivity index (χ0) is 22.5. The number of ether oxygens (including phenoxy) is 2. The predicted octanol–water partition coefficient (Wildman–Crippen LogP) is 4.99. The van der Waals surface area contributed by atoms with Gasteiger partial charge in [0.05, 0.1) is 25.8 Å². The van der Waals surface area contributed by atoms with E-state index in [0.717, 1.165) is 22.4 Å². The Bertz CT molecular complexity index is 975. The highest BCUT2D eigenvalue weighted by molar-refractivity contribution is 5.95. The Morgan fingerprint density at radius 1 is 1.13 bits per heavy atom. The molecule has 1 aliphatic rings. The summed E-state index contributed by atoms with van der Waals surface area (Å²) in [7, 11) is 1.61. The summed E-state index contributed by atoms with van der Waals surface area (Å²) < 4.78 is 10.9. The molecule has 3 rings (SSSR count). The molecule has 1 aliphatic heterocycles. The lowest BCUT2D eigenvalue weighted by Gasteiger charge is -2.34. The number of rotatable bonds is 7. The van der Waals surface area contributed by atoms with E-state index in [9.17, 15) is 9.59 Å². The van der Waals surface area contributed by atoms with Crippen molar-refractivity contribution >= 4 is 11.9 Å². The van der Waals surface area contributed by atoms with Crippen molar-refractivity contribution < 1.29 is 19.1 Å². The van der Waals surface area contributed by atoms with E-state index in [0.29, 0.717) is 24.4 Å². The molecule has 1 amide bonds. The van der Waals surface area contributed by atoms with Gasteiger partial charge in [-0.15, -0.1) is 0 Å². The topological polar surface area (TPSA) is 55.8 Å². The van der Waals surface area contributed by atoms with Crippen molar-refractivity contribution in [3.63, 3.8) is 0 Å². The first-order valence-electron chi connectivity index (χ1n) is 10.7. The quantitative estimate of drug-likeness (QED) is 0.591. The van der Waals surface area contributed by atoms with Crippen molar-refractivity contribution in [2.45, 2.75) is 46.6 Å². The maximum atomic E-state index is 13.2. The van der Waals surface area contributed by atoms with Crippen LogP contribution in [0.5, 0.6) is 5.75 Å². The molecule has 0 unspecified atom stereocenters. The van der Waals surface area contributed by atoms with E-state index < -0.39 is 0 Å². The lowest BCUT2D eigenvalue weighted by atomic mass is 9.83. The van der Waals surface area contributed by atoms with Gasteiger partial charge >= 0.3 is 5.97 Å². The Labute approximate surface area is 184 Å². The van der Waals surface area contributed by atoms with Crippen LogP contribution < -0.4 is 4.74 Å². The molecule has 0 N–H and O–H groups in total. The second kappa shape index (κ2) is 9.82. The zero-order valence-electron chi connectivity index (χ0n) is 19.0. The molecule has 0 aromatic heterocycles. The minimum absolute atomic E-state index is 0.000216. The molecular weight excluding hydrogens is 390 g/mol. The summed E-state index contributed by atoms with van der Waals surface area (Å²) in [6.45, 7) is 8.65. The molecule has 0 saturated heterocycles. The van der Waals surface area contributed by atoms with Crippen LogP contribution in [0, 0.1) is 12.8 Å². The van der Waals surface area contributed by atoms with Gasteiger partial charge in [0, 0.05) is 18.0 Å². The summed E-state index contributed by atoms with van der Waals surface area (Å²) in [6.07, 6.45) is 0.224. The molecule has 164 valence electrons. The van der Waals surface area contributed by atoms with Crippen LogP contribution in [0.2, 0.25) is 0 Å². The van der Waals surface area contributed by atoms with Gasteiger partial charge in [-0.25, -0.2) is 4.79 Å². The Hall–Kier alpha value is -3.08. The van der Waals surface area contributed by atoms with Gasteiger partial charge < -0.3 is 14.4 Å². The van der Waals surface area contributed by atoms with Crippen LogP contribution in [0.4, 0.5) is 0 Å². The largest absolute Gasteiger partial charge is 0.497 e. The fourth-order valence-corrected chi connectivity index (χ4v) is 3.90. The first-order chi connectivity index (χ1) is 14.8. The van der Waals surface area contributed by atoms with Gasteiger partial charge in [0.25, 0.3) is 0 Å². The highest BCUT2D eigenvalue weighted by atomic mass is 16.5. The Balaban J connectivity index is 1.99. The second-order valence-corrected chi connectivity index (χ2v) is 8.49. The fourth-order valence-electron chi connectivity index (χ4n) is 3.90. The number of aryl methyl sites for hydroxylation is 1. The van der Waals surface area contributed by atoms with Gasteiger partial charge in [0.15, 0.2) is 0 Å². The van der Waals surface area contributed by atoms with Crippen LogP contribution in [-0.4, -0.2) is 30.5 Å². The molecule has 1 atom stereocenters. The summed E-state index contributed by atoms with van der Waals surface area (Å²) >= 11 is 0. The van der Waals surface area contributed by atoms with Gasteiger partial charge in [-0.2, -0.15) is 0 Å². The first-order valence-corrected chi connectivity index (χ1v) is 10.7. The van der Waals surface area contributed by atoms with E-state index in [1.807, 2.05) is 70.2 Å². The summed E-state index contributed by atoms with van der Waals surface area (Å²) in [4.78, 5) is 28.0. The van der Waals surface area contributed by atoms with Crippen LogP contribution in [-0.2, 0) is 20.9 Å². The molecule has 2 aromatic carbocycles. The Morgan fingerprint density at radius 3 is 2.45 bits per heavy atom. The van der Waals surface area contributed by atoms with Crippen LogP contribution in [0.1, 0.15) is 49.8 Å². The number of benzene rings is 2. The van der Waals surface area contributed by atoms with Gasteiger partial charge in [-0.05, 0) is 43.0 Å². The first kappa shape index (κ1) is 22.6. The van der Waals surface area contributed by atoms with Crippen LogP contribution in [0.3, 0.4) is 0 Å². The average Bonchev–Trinajstić information content (AvgIpc) is 2.74. The summed E-state index contributed by atoms with van der Waals surface area (Å²) in [5, 5.41) is 0. The van der Waals surface area contributed by atoms with E-state index in [-0.39, 0.29) is 30.1 Å². The predicted molar refractivity (Wildman–Crippen MR) is 121 cm³/mol. The van der Waals surface area contributed by atoms with Crippen LogP contribution in [0.25, 0.3) is 0 Å². The molecule has 0 saturated carbocycles. The molecule has 0 spiro atoms. The van der Waals surface area contributed by atoms with Gasteiger partial charge in [0.1, 0.15) is 5.75 Å². The molecule has 1 heterocycles. The van der Waals surface area contributed by atoms with Crippen molar-refractivity contribution in [1.82, 2.24) is 4.90 Å². The van der Waals surface area contributed by atoms with Crippen molar-refractivity contribution in [3.05, 3.63) is 76.5 Å². The SMILES string of the molecule is COc1ccc([C@@H]2CC(=O)N(Cc3cccc(C)c3)C(C)=C2C(=O)OCC(C)C)cc1. The molecule has 5 heteroatoms. The van der Waals surface area contributed by atoms with Crippen molar-refractivity contribution in [2.75, 3.05) is 13.7 Å².